The second kappa shape index (κ2) is 7.45. The Balaban J connectivity index is 0.00000229. The Hall–Kier alpha value is -3.09. The van der Waals surface area contributed by atoms with Gasteiger partial charge >= 0.3 is 21.1 Å². The molecule has 2 nitrogen and oxygen atoms in total. The van der Waals surface area contributed by atoms with Gasteiger partial charge in [0.1, 0.15) is 0 Å². The Bertz CT molecular complexity index is 1550. The maximum Gasteiger partial charge on any atom is 2.00 e. The van der Waals surface area contributed by atoms with E-state index in [0.29, 0.717) is 0 Å². The number of nitrogens with zero attached hydrogens (tertiary/aromatic N) is 2. The van der Waals surface area contributed by atoms with Crippen molar-refractivity contribution < 1.29 is 21.1 Å². The number of fused-ring (bicyclic) bond motifs is 4. The third-order valence-corrected chi connectivity index (χ3v) is 7.79. The summed E-state index contributed by atoms with van der Waals surface area (Å²) in [5.74, 6) is 0. The molecule has 0 spiro atoms. The van der Waals surface area contributed by atoms with Crippen LogP contribution in [0.5, 0.6) is 0 Å². The van der Waals surface area contributed by atoms with Gasteiger partial charge in [-0.15, -0.1) is 69.1 Å². The van der Waals surface area contributed by atoms with Crippen LogP contribution >= 0.6 is 0 Å². The zero-order chi connectivity index (χ0) is 23.2. The normalized spacial score (nSPS) is 15.7. The van der Waals surface area contributed by atoms with Gasteiger partial charge in [0.25, 0.3) is 0 Å². The molecular formula is C32H24N2Pt. The van der Waals surface area contributed by atoms with Crippen LogP contribution < -0.4 is 0 Å². The Labute approximate surface area is 219 Å². The minimum Gasteiger partial charge on any atom is -0.300 e. The van der Waals surface area contributed by atoms with Gasteiger partial charge in [-0.25, -0.2) is 0 Å². The van der Waals surface area contributed by atoms with Crippen molar-refractivity contribution in [2.45, 2.75) is 38.5 Å². The van der Waals surface area contributed by atoms with E-state index in [2.05, 4.69) is 113 Å². The van der Waals surface area contributed by atoms with Crippen molar-refractivity contribution in [3.05, 3.63) is 107 Å². The monoisotopic (exact) mass is 631 g/mol. The van der Waals surface area contributed by atoms with Crippen molar-refractivity contribution in [1.82, 2.24) is 9.97 Å². The van der Waals surface area contributed by atoms with Crippen molar-refractivity contribution >= 4 is 43.4 Å². The van der Waals surface area contributed by atoms with Gasteiger partial charge in [0.05, 0.1) is 0 Å². The average Bonchev–Trinajstić information content (AvgIpc) is 2.86. The van der Waals surface area contributed by atoms with E-state index in [1.54, 1.807) is 0 Å². The molecule has 2 aromatic heterocycles. The summed E-state index contributed by atoms with van der Waals surface area (Å²) in [5.41, 5.74) is 5.67. The van der Waals surface area contributed by atoms with Crippen LogP contribution in [0, 0.1) is 12.1 Å². The topological polar surface area (TPSA) is 25.8 Å². The van der Waals surface area contributed by atoms with E-state index in [9.17, 15) is 0 Å². The summed E-state index contributed by atoms with van der Waals surface area (Å²) in [6.45, 7) is 8.94. The minimum atomic E-state index is -0.356. The van der Waals surface area contributed by atoms with E-state index in [1.165, 1.54) is 0 Å². The van der Waals surface area contributed by atoms with Crippen molar-refractivity contribution in [1.29, 1.82) is 0 Å². The molecule has 3 heteroatoms. The second-order valence-corrected chi connectivity index (χ2v) is 10.6. The fourth-order valence-electron chi connectivity index (χ4n) is 5.35. The van der Waals surface area contributed by atoms with Gasteiger partial charge in [0, 0.05) is 16.8 Å². The third-order valence-electron chi connectivity index (χ3n) is 7.79. The summed E-state index contributed by atoms with van der Waals surface area (Å²) in [7, 11) is 0. The number of rotatable bonds is 0. The summed E-state index contributed by atoms with van der Waals surface area (Å²) in [4.78, 5) is 10.5. The molecule has 6 aromatic rings. The van der Waals surface area contributed by atoms with E-state index in [-0.39, 0.29) is 31.9 Å². The first kappa shape index (κ1) is 22.4. The number of hydrogen-bond donors (Lipinski definition) is 0. The van der Waals surface area contributed by atoms with Gasteiger partial charge in [-0.3, -0.25) is 9.97 Å². The molecule has 0 unspecified atom stereocenters. The fourth-order valence-corrected chi connectivity index (χ4v) is 5.35. The number of benzene rings is 4. The van der Waals surface area contributed by atoms with Gasteiger partial charge < -0.3 is 0 Å². The maximum absolute atomic E-state index is 5.24. The number of hydrogen-bond acceptors (Lipinski definition) is 2. The molecular weight excluding hydrogens is 607 g/mol. The van der Waals surface area contributed by atoms with Crippen LogP contribution in [0.15, 0.2) is 72.8 Å². The maximum atomic E-state index is 5.24. The molecule has 4 aromatic carbocycles. The predicted octanol–water partition coefficient (Wildman–Crippen LogP) is 7.65. The Kier molecular flexibility index (Phi) is 4.76. The van der Waals surface area contributed by atoms with Gasteiger partial charge in [-0.2, -0.15) is 0 Å². The van der Waals surface area contributed by atoms with Crippen LogP contribution in [0.4, 0.5) is 0 Å². The molecule has 35 heavy (non-hydrogen) atoms. The van der Waals surface area contributed by atoms with Crippen LogP contribution in [-0.4, -0.2) is 9.97 Å². The molecule has 0 saturated heterocycles. The zero-order valence-electron chi connectivity index (χ0n) is 20.1. The van der Waals surface area contributed by atoms with Gasteiger partial charge in [-0.05, 0) is 53.2 Å². The van der Waals surface area contributed by atoms with Crippen molar-refractivity contribution in [3.63, 3.8) is 0 Å². The molecule has 8 bridgehead atoms. The molecule has 0 aliphatic carbocycles. The number of aromatic nitrogens is 2. The summed E-state index contributed by atoms with van der Waals surface area (Å²) in [5, 5.41) is 6.72. The molecule has 172 valence electrons. The van der Waals surface area contributed by atoms with Crippen molar-refractivity contribution in [2.75, 3.05) is 0 Å². The quantitative estimate of drug-likeness (QED) is 0.127. The van der Waals surface area contributed by atoms with E-state index < -0.39 is 0 Å². The van der Waals surface area contributed by atoms with Crippen LogP contribution in [0.2, 0.25) is 0 Å². The summed E-state index contributed by atoms with van der Waals surface area (Å²) in [6, 6.07) is 33.7. The summed E-state index contributed by atoms with van der Waals surface area (Å²) >= 11 is 0. The van der Waals surface area contributed by atoms with Gasteiger partial charge in [0.2, 0.25) is 0 Å². The van der Waals surface area contributed by atoms with E-state index in [0.717, 1.165) is 65.9 Å². The van der Waals surface area contributed by atoms with E-state index >= 15 is 0 Å². The van der Waals surface area contributed by atoms with Crippen molar-refractivity contribution in [3.8, 4) is 0 Å². The molecule has 0 N–H and O–H groups in total. The Morgan fingerprint density at radius 3 is 1.31 bits per heavy atom. The van der Waals surface area contributed by atoms with E-state index in [1.807, 2.05) is 0 Å². The second-order valence-electron chi connectivity index (χ2n) is 10.6. The first-order valence-electron chi connectivity index (χ1n) is 11.9. The summed E-state index contributed by atoms with van der Waals surface area (Å²) < 4.78 is 0. The molecule has 7 rings (SSSR count). The smallest absolute Gasteiger partial charge is 0.300 e. The van der Waals surface area contributed by atoms with Crippen LogP contribution in [0.3, 0.4) is 0 Å². The molecule has 1 aliphatic rings. The summed E-state index contributed by atoms with van der Waals surface area (Å²) in [6.07, 6.45) is 0. The molecule has 1 aliphatic heterocycles. The number of pyridine rings is 2. The molecule has 3 heterocycles. The largest absolute Gasteiger partial charge is 2.00 e. The molecule has 0 fully saturated rings. The van der Waals surface area contributed by atoms with E-state index in [4.69, 9.17) is 9.97 Å². The first-order chi connectivity index (χ1) is 16.3. The van der Waals surface area contributed by atoms with Crippen LogP contribution in [-0.2, 0) is 31.9 Å². The molecule has 0 radical (unpaired) electrons. The first-order valence-corrected chi connectivity index (χ1v) is 11.9. The van der Waals surface area contributed by atoms with Crippen LogP contribution in [0.1, 0.15) is 50.2 Å². The van der Waals surface area contributed by atoms with Gasteiger partial charge in [-0.1, -0.05) is 50.2 Å². The van der Waals surface area contributed by atoms with Crippen LogP contribution in [0.25, 0.3) is 43.4 Å². The molecule has 0 atom stereocenters. The molecule has 0 saturated carbocycles. The SMILES string of the molecule is CC1(C)c2[c-]c3c(cc2)ccc2ccc(nc23)C(C)(C)c2ccc3ccc4ccc1[c-]c4c3n2.[Pt+2]. The molecule has 0 amide bonds. The fraction of sp³-hybridized carbons (Fsp3) is 0.188. The van der Waals surface area contributed by atoms with Crippen molar-refractivity contribution in [2.24, 2.45) is 0 Å². The Morgan fingerprint density at radius 2 is 0.857 bits per heavy atom. The van der Waals surface area contributed by atoms with Gasteiger partial charge in [0.15, 0.2) is 0 Å². The third kappa shape index (κ3) is 3.13. The Morgan fingerprint density at radius 1 is 0.486 bits per heavy atom. The average molecular weight is 632 g/mol. The zero-order valence-corrected chi connectivity index (χ0v) is 22.4. The standard InChI is InChI=1S/C32H24N2.Pt/c1-31(2)23-13-9-19-5-7-21-11-15-27(33-29(21)25(19)17-23)32(3,4)28-16-12-22-8-6-20-10-14-24(31)18-26(20)30(22)34-28;/h5-16H,1-4H3;/q-2;+2. The minimum absolute atomic E-state index is 0. The predicted molar refractivity (Wildman–Crippen MR) is 140 cm³/mol.